The van der Waals surface area contributed by atoms with Gasteiger partial charge in [0, 0.05) is 3.57 Å². The van der Waals surface area contributed by atoms with Crippen LogP contribution in [0.5, 0.6) is 0 Å². The van der Waals surface area contributed by atoms with E-state index in [0.717, 1.165) is 0 Å². The number of allylic oxidation sites excluding steroid dienone is 1. The third-order valence-corrected chi connectivity index (χ3v) is 6.17. The number of anilines is 1. The normalized spacial score (nSPS) is 15.4. The van der Waals surface area contributed by atoms with Crippen molar-refractivity contribution in [2.75, 3.05) is 25.7 Å². The van der Waals surface area contributed by atoms with Crippen LogP contribution in [-0.2, 0) is 23.8 Å². The summed E-state index contributed by atoms with van der Waals surface area (Å²) >= 11 is 1.97. The predicted molar refractivity (Wildman–Crippen MR) is 135 cm³/mol. The number of hydrogen-bond acceptors (Lipinski definition) is 9. The maximum absolute atomic E-state index is 13.1. The van der Waals surface area contributed by atoms with Crippen molar-refractivity contribution in [1.29, 1.82) is 5.26 Å². The number of esters is 3. The fraction of sp³-hybridized carbons (Fsp3) is 0.200. The van der Waals surface area contributed by atoms with Gasteiger partial charge in [-0.05, 0) is 53.3 Å². The number of ether oxygens (including phenoxy) is 3. The summed E-state index contributed by atoms with van der Waals surface area (Å²) in [4.78, 5) is 39.6. The second kappa shape index (κ2) is 11.1. The summed E-state index contributed by atoms with van der Waals surface area (Å²) in [5.74, 6) is -3.20. The summed E-state index contributed by atoms with van der Waals surface area (Å²) < 4.78 is 15.6. The van der Waals surface area contributed by atoms with Crippen molar-refractivity contribution >= 4 is 46.2 Å². The molecule has 180 valence electrons. The number of nitrogens with two attached hydrogens (primary N) is 1. The number of halogens is 1. The van der Waals surface area contributed by atoms with Crippen LogP contribution in [0.1, 0.15) is 28.8 Å². The Morgan fingerprint density at radius 3 is 2.26 bits per heavy atom. The second-order valence-electron chi connectivity index (χ2n) is 7.22. The Bertz CT molecular complexity index is 1280. The van der Waals surface area contributed by atoms with E-state index in [9.17, 15) is 19.6 Å². The van der Waals surface area contributed by atoms with E-state index >= 15 is 0 Å². The van der Waals surface area contributed by atoms with E-state index < -0.39 is 23.8 Å². The van der Waals surface area contributed by atoms with Crippen LogP contribution in [0, 0.1) is 14.9 Å². The van der Waals surface area contributed by atoms with Gasteiger partial charge < -0.3 is 19.9 Å². The molecule has 1 aliphatic heterocycles. The number of nitriles is 1. The lowest BCUT2D eigenvalue weighted by Gasteiger charge is -2.36. The van der Waals surface area contributed by atoms with E-state index in [1.165, 1.54) is 25.2 Å². The number of carbonyl (C=O) groups is 3. The maximum Gasteiger partial charge on any atom is 0.355 e. The van der Waals surface area contributed by atoms with Crippen LogP contribution in [0.25, 0.3) is 0 Å². The highest BCUT2D eigenvalue weighted by Gasteiger charge is 2.43. The lowest BCUT2D eigenvalue weighted by atomic mass is 9.81. The largest absolute Gasteiger partial charge is 0.466 e. The zero-order chi connectivity index (χ0) is 25.7. The predicted octanol–water partition coefficient (Wildman–Crippen LogP) is 3.37. The van der Waals surface area contributed by atoms with Crippen LogP contribution in [0.2, 0.25) is 0 Å². The molecule has 0 amide bonds. The van der Waals surface area contributed by atoms with Crippen molar-refractivity contribution in [1.82, 2.24) is 0 Å². The Morgan fingerprint density at radius 1 is 1.06 bits per heavy atom. The molecular formula is C25H22IN3O6. The Labute approximate surface area is 215 Å². The molecule has 0 aliphatic carbocycles. The van der Waals surface area contributed by atoms with Gasteiger partial charge >= 0.3 is 17.9 Å². The summed E-state index contributed by atoms with van der Waals surface area (Å²) in [6, 6.07) is 15.4. The lowest BCUT2D eigenvalue weighted by molar-refractivity contribution is -0.139. The molecule has 10 heteroatoms. The number of methoxy groups -OCH3 is 2. The van der Waals surface area contributed by atoms with Crippen LogP contribution in [0.3, 0.4) is 0 Å². The van der Waals surface area contributed by atoms with E-state index in [1.807, 2.05) is 22.6 Å². The summed E-state index contributed by atoms with van der Waals surface area (Å²) in [5.41, 5.74) is 7.47. The minimum Gasteiger partial charge on any atom is -0.466 e. The number of rotatable bonds is 6. The number of carbonyl (C=O) groups excluding carboxylic acids is 3. The third-order valence-electron chi connectivity index (χ3n) is 5.31. The van der Waals surface area contributed by atoms with Crippen molar-refractivity contribution in [2.24, 2.45) is 5.73 Å². The Hall–Kier alpha value is -3.85. The molecule has 0 aromatic heterocycles. The fourth-order valence-corrected chi connectivity index (χ4v) is 4.55. The van der Waals surface area contributed by atoms with Gasteiger partial charge in [-0.3, -0.25) is 4.90 Å². The first-order chi connectivity index (χ1) is 16.8. The highest BCUT2D eigenvalue weighted by molar-refractivity contribution is 14.1. The minimum atomic E-state index is -0.963. The SMILES string of the molecule is CCOC(=O)c1ccc(N2C(N)=C(C#N)C(c3ccccc3)C(C(=O)OC)=C2C(=O)OC)c(I)c1. The zero-order valence-electron chi connectivity index (χ0n) is 19.2. The Morgan fingerprint density at radius 2 is 1.71 bits per heavy atom. The van der Waals surface area contributed by atoms with Gasteiger partial charge in [0.05, 0.1) is 55.2 Å². The fourth-order valence-electron chi connectivity index (χ4n) is 3.79. The van der Waals surface area contributed by atoms with Gasteiger partial charge in [-0.1, -0.05) is 30.3 Å². The molecule has 1 atom stereocenters. The molecule has 2 aromatic carbocycles. The number of benzene rings is 2. The zero-order valence-corrected chi connectivity index (χ0v) is 21.4. The average Bonchev–Trinajstić information content (AvgIpc) is 2.87. The van der Waals surface area contributed by atoms with Crippen molar-refractivity contribution in [3.63, 3.8) is 0 Å². The van der Waals surface area contributed by atoms with E-state index in [0.29, 0.717) is 20.4 Å². The molecule has 2 aromatic rings. The van der Waals surface area contributed by atoms with Crippen LogP contribution in [-0.4, -0.2) is 38.7 Å². The molecule has 1 heterocycles. The molecule has 35 heavy (non-hydrogen) atoms. The second-order valence-corrected chi connectivity index (χ2v) is 8.38. The third kappa shape index (κ3) is 4.85. The molecule has 1 aliphatic rings. The molecule has 1 unspecified atom stereocenters. The van der Waals surface area contributed by atoms with Gasteiger partial charge in [0.15, 0.2) is 0 Å². The first kappa shape index (κ1) is 25.8. The van der Waals surface area contributed by atoms with Gasteiger partial charge in [0.1, 0.15) is 11.5 Å². The molecule has 0 fully saturated rings. The maximum atomic E-state index is 13.1. The van der Waals surface area contributed by atoms with E-state index in [2.05, 4.69) is 6.07 Å². The Balaban J connectivity index is 2.35. The van der Waals surface area contributed by atoms with E-state index in [4.69, 9.17) is 19.9 Å². The lowest BCUT2D eigenvalue weighted by Crippen LogP contribution is -2.41. The topological polar surface area (TPSA) is 132 Å². The molecule has 2 N–H and O–H groups in total. The quantitative estimate of drug-likeness (QED) is 0.307. The van der Waals surface area contributed by atoms with Gasteiger partial charge in [0.25, 0.3) is 0 Å². The van der Waals surface area contributed by atoms with Gasteiger partial charge in [-0.25, -0.2) is 14.4 Å². The number of nitrogens with zero attached hydrogens (tertiary/aromatic N) is 2. The van der Waals surface area contributed by atoms with Gasteiger partial charge in [0.2, 0.25) is 0 Å². The smallest absolute Gasteiger partial charge is 0.355 e. The molecule has 3 rings (SSSR count). The van der Waals surface area contributed by atoms with Crippen molar-refractivity contribution in [3.05, 3.63) is 85.9 Å². The first-order valence-electron chi connectivity index (χ1n) is 10.4. The minimum absolute atomic E-state index is 0.0505. The highest BCUT2D eigenvalue weighted by Crippen LogP contribution is 2.44. The average molecular weight is 587 g/mol. The molecule has 0 bridgehead atoms. The van der Waals surface area contributed by atoms with Crippen LogP contribution < -0.4 is 10.6 Å². The standard InChI is InChI=1S/C25H22IN3O6/c1-4-35-23(30)15-10-11-18(17(26)12-15)29-21(25(32)34-3)20(24(31)33-2)19(16(13-27)22(29)28)14-8-6-5-7-9-14/h5-12,19H,4,28H2,1-3H3. The van der Waals surface area contributed by atoms with E-state index in [-0.39, 0.29) is 29.3 Å². The molecular weight excluding hydrogens is 565 g/mol. The summed E-state index contributed by atoms with van der Waals surface area (Å²) in [5, 5.41) is 10.1. The van der Waals surface area contributed by atoms with Crippen molar-refractivity contribution < 1.29 is 28.6 Å². The van der Waals surface area contributed by atoms with Gasteiger partial charge in [-0.2, -0.15) is 5.26 Å². The monoisotopic (exact) mass is 587 g/mol. The molecule has 0 radical (unpaired) electrons. The molecule has 0 spiro atoms. The van der Waals surface area contributed by atoms with E-state index in [1.54, 1.807) is 49.4 Å². The summed E-state index contributed by atoms with van der Waals surface area (Å²) in [6.45, 7) is 1.91. The van der Waals surface area contributed by atoms with Crippen LogP contribution >= 0.6 is 22.6 Å². The summed E-state index contributed by atoms with van der Waals surface area (Å²) in [6.07, 6.45) is 0. The summed E-state index contributed by atoms with van der Waals surface area (Å²) in [7, 11) is 2.36. The number of hydrogen-bond donors (Lipinski definition) is 1. The van der Waals surface area contributed by atoms with Gasteiger partial charge in [-0.15, -0.1) is 0 Å². The molecule has 0 saturated heterocycles. The molecule has 9 nitrogen and oxygen atoms in total. The van der Waals surface area contributed by atoms with Crippen molar-refractivity contribution in [2.45, 2.75) is 12.8 Å². The first-order valence-corrected chi connectivity index (χ1v) is 11.5. The highest BCUT2D eigenvalue weighted by atomic mass is 127. The van der Waals surface area contributed by atoms with Crippen LogP contribution in [0.4, 0.5) is 5.69 Å². The Kier molecular flexibility index (Phi) is 8.14. The van der Waals surface area contributed by atoms with Crippen LogP contribution in [0.15, 0.2) is 71.2 Å². The molecule has 0 saturated carbocycles. The van der Waals surface area contributed by atoms with Crippen molar-refractivity contribution in [3.8, 4) is 6.07 Å².